The number of rotatable bonds is 4. The predicted molar refractivity (Wildman–Crippen MR) is 96.0 cm³/mol. The first-order valence-electron chi connectivity index (χ1n) is 8.91. The Kier molecular flexibility index (Phi) is 4.86. The van der Waals surface area contributed by atoms with E-state index in [1.165, 1.54) is 49.3 Å². The Morgan fingerprint density at radius 1 is 1.09 bits per heavy atom. The van der Waals surface area contributed by atoms with Gasteiger partial charge >= 0.3 is 0 Å². The fraction of sp³-hybridized carbons (Fsp3) is 0.550. The Morgan fingerprint density at radius 3 is 2.43 bits per heavy atom. The molecule has 0 amide bonds. The van der Waals surface area contributed by atoms with Crippen molar-refractivity contribution in [2.45, 2.75) is 53.0 Å². The van der Waals surface area contributed by atoms with Crippen LogP contribution in [0.5, 0.6) is 0 Å². The maximum absolute atomic E-state index is 4.77. The quantitative estimate of drug-likeness (QED) is 0.818. The molecule has 0 N–H and O–H groups in total. The van der Waals surface area contributed by atoms with E-state index in [1.807, 2.05) is 0 Å². The summed E-state index contributed by atoms with van der Waals surface area (Å²) >= 11 is 0. The van der Waals surface area contributed by atoms with E-state index >= 15 is 0 Å². The Morgan fingerprint density at radius 2 is 1.83 bits per heavy atom. The van der Waals surface area contributed by atoms with Crippen molar-refractivity contribution in [1.29, 1.82) is 0 Å². The third-order valence-corrected chi connectivity index (χ3v) is 4.87. The van der Waals surface area contributed by atoms with Gasteiger partial charge in [0.25, 0.3) is 0 Å². The van der Waals surface area contributed by atoms with E-state index in [0.717, 1.165) is 5.82 Å². The number of hydrogen-bond donors (Lipinski definition) is 0. The van der Waals surface area contributed by atoms with Crippen molar-refractivity contribution in [2.75, 3.05) is 13.1 Å². The van der Waals surface area contributed by atoms with Gasteiger partial charge in [-0.3, -0.25) is 4.90 Å². The van der Waals surface area contributed by atoms with Crippen molar-refractivity contribution in [2.24, 2.45) is 5.92 Å². The molecule has 3 heterocycles. The SMILES string of the molecule is Cc1ccc(C)n1-c1ccc(C2CCCCN2CC(C)C)cn1. The highest BCUT2D eigenvalue weighted by atomic mass is 15.2. The summed E-state index contributed by atoms with van der Waals surface area (Å²) in [6, 6.07) is 9.30. The van der Waals surface area contributed by atoms with Gasteiger partial charge in [0.05, 0.1) is 0 Å². The summed E-state index contributed by atoms with van der Waals surface area (Å²) in [6.07, 6.45) is 6.01. The molecule has 3 rings (SSSR count). The molecule has 0 aliphatic carbocycles. The third kappa shape index (κ3) is 3.50. The highest BCUT2D eigenvalue weighted by Crippen LogP contribution is 2.31. The van der Waals surface area contributed by atoms with E-state index in [9.17, 15) is 0 Å². The first-order valence-corrected chi connectivity index (χ1v) is 8.91. The molecule has 3 heteroatoms. The predicted octanol–water partition coefficient (Wildman–Crippen LogP) is 4.67. The average Bonchev–Trinajstić information content (AvgIpc) is 2.87. The molecule has 1 fully saturated rings. The van der Waals surface area contributed by atoms with Gasteiger partial charge in [0.2, 0.25) is 0 Å². The first-order chi connectivity index (χ1) is 11.1. The van der Waals surface area contributed by atoms with E-state index < -0.39 is 0 Å². The van der Waals surface area contributed by atoms with Crippen molar-refractivity contribution in [3.8, 4) is 5.82 Å². The van der Waals surface area contributed by atoms with Crippen LogP contribution in [0.25, 0.3) is 5.82 Å². The molecule has 1 aliphatic rings. The highest BCUT2D eigenvalue weighted by Gasteiger charge is 2.24. The average molecular weight is 311 g/mol. The van der Waals surface area contributed by atoms with Crippen molar-refractivity contribution < 1.29 is 0 Å². The van der Waals surface area contributed by atoms with Gasteiger partial charge in [-0.1, -0.05) is 26.3 Å². The van der Waals surface area contributed by atoms with Crippen LogP contribution in [0, 0.1) is 19.8 Å². The summed E-state index contributed by atoms with van der Waals surface area (Å²) in [5, 5.41) is 0. The van der Waals surface area contributed by atoms with Crippen LogP contribution in [0.4, 0.5) is 0 Å². The lowest BCUT2D eigenvalue weighted by atomic mass is 9.95. The van der Waals surface area contributed by atoms with Gasteiger partial charge in [-0.2, -0.15) is 0 Å². The van der Waals surface area contributed by atoms with Crippen molar-refractivity contribution in [3.63, 3.8) is 0 Å². The molecule has 2 aromatic heterocycles. The van der Waals surface area contributed by atoms with Crippen LogP contribution in [0.2, 0.25) is 0 Å². The first kappa shape index (κ1) is 16.3. The molecule has 0 spiro atoms. The van der Waals surface area contributed by atoms with E-state index in [4.69, 9.17) is 4.98 Å². The van der Waals surface area contributed by atoms with Crippen LogP contribution in [0.3, 0.4) is 0 Å². The van der Waals surface area contributed by atoms with Crippen LogP contribution in [-0.2, 0) is 0 Å². The summed E-state index contributed by atoms with van der Waals surface area (Å²) < 4.78 is 2.22. The molecule has 3 nitrogen and oxygen atoms in total. The molecule has 0 saturated carbocycles. The standard InChI is InChI=1S/C20H29N3/c1-15(2)14-22-12-6-5-7-19(22)18-10-11-20(21-13-18)23-16(3)8-9-17(23)4/h8-11,13,15,19H,5-7,12,14H2,1-4H3. The summed E-state index contributed by atoms with van der Waals surface area (Å²) in [5.41, 5.74) is 3.85. The maximum Gasteiger partial charge on any atom is 0.136 e. The number of hydrogen-bond acceptors (Lipinski definition) is 2. The maximum atomic E-state index is 4.77. The fourth-order valence-electron chi connectivity index (χ4n) is 3.81. The second-order valence-electron chi connectivity index (χ2n) is 7.30. The smallest absolute Gasteiger partial charge is 0.136 e. The van der Waals surface area contributed by atoms with Gasteiger partial charge in [0, 0.05) is 30.2 Å². The van der Waals surface area contributed by atoms with E-state index in [2.05, 4.69) is 67.6 Å². The zero-order valence-corrected chi connectivity index (χ0v) is 14.9. The second kappa shape index (κ2) is 6.88. The van der Waals surface area contributed by atoms with Crippen molar-refractivity contribution in [1.82, 2.24) is 14.5 Å². The summed E-state index contributed by atoms with van der Waals surface area (Å²) in [7, 11) is 0. The molecule has 1 saturated heterocycles. The lowest BCUT2D eigenvalue weighted by molar-refractivity contribution is 0.132. The molecule has 1 atom stereocenters. The minimum Gasteiger partial charge on any atom is -0.303 e. The zero-order chi connectivity index (χ0) is 16.4. The number of aryl methyl sites for hydroxylation is 2. The lowest BCUT2D eigenvalue weighted by Crippen LogP contribution is -2.36. The van der Waals surface area contributed by atoms with Gasteiger partial charge in [-0.25, -0.2) is 4.98 Å². The summed E-state index contributed by atoms with van der Waals surface area (Å²) in [4.78, 5) is 7.42. The highest BCUT2D eigenvalue weighted by molar-refractivity contribution is 5.33. The molecule has 2 aromatic rings. The van der Waals surface area contributed by atoms with Gasteiger partial charge in [0.15, 0.2) is 0 Å². The number of aromatic nitrogens is 2. The van der Waals surface area contributed by atoms with Crippen LogP contribution < -0.4 is 0 Å². The Hall–Kier alpha value is -1.61. The molecule has 0 radical (unpaired) electrons. The molecule has 1 aliphatic heterocycles. The third-order valence-electron chi connectivity index (χ3n) is 4.87. The van der Waals surface area contributed by atoms with Crippen LogP contribution in [0.15, 0.2) is 30.5 Å². The van der Waals surface area contributed by atoms with Gasteiger partial charge in [-0.05, 0) is 62.9 Å². The van der Waals surface area contributed by atoms with E-state index in [1.54, 1.807) is 0 Å². The lowest BCUT2D eigenvalue weighted by Gasteiger charge is -2.37. The Balaban J connectivity index is 1.83. The van der Waals surface area contributed by atoms with E-state index in [-0.39, 0.29) is 0 Å². The van der Waals surface area contributed by atoms with E-state index in [0.29, 0.717) is 12.0 Å². The monoisotopic (exact) mass is 311 g/mol. The fourth-order valence-corrected chi connectivity index (χ4v) is 3.81. The van der Waals surface area contributed by atoms with Crippen LogP contribution in [0.1, 0.15) is 56.1 Å². The van der Waals surface area contributed by atoms with Crippen molar-refractivity contribution in [3.05, 3.63) is 47.4 Å². The zero-order valence-electron chi connectivity index (χ0n) is 14.9. The molecular weight excluding hydrogens is 282 g/mol. The molecular formula is C20H29N3. The largest absolute Gasteiger partial charge is 0.303 e. The Labute approximate surface area is 140 Å². The van der Waals surface area contributed by atoms with Gasteiger partial charge in [-0.15, -0.1) is 0 Å². The number of pyridine rings is 1. The molecule has 23 heavy (non-hydrogen) atoms. The minimum absolute atomic E-state index is 0.541. The number of nitrogens with zero attached hydrogens (tertiary/aromatic N) is 3. The van der Waals surface area contributed by atoms with Gasteiger partial charge < -0.3 is 4.57 Å². The van der Waals surface area contributed by atoms with Crippen molar-refractivity contribution >= 4 is 0 Å². The molecule has 0 bridgehead atoms. The summed E-state index contributed by atoms with van der Waals surface area (Å²) in [6.45, 7) is 11.3. The van der Waals surface area contributed by atoms with Crippen LogP contribution in [-0.4, -0.2) is 27.5 Å². The minimum atomic E-state index is 0.541. The number of piperidine rings is 1. The normalized spacial score (nSPS) is 19.4. The Bertz CT molecular complexity index is 620. The summed E-state index contributed by atoms with van der Waals surface area (Å²) in [5.74, 6) is 1.74. The molecule has 1 unspecified atom stereocenters. The van der Waals surface area contributed by atoms with Gasteiger partial charge in [0.1, 0.15) is 5.82 Å². The van der Waals surface area contributed by atoms with Crippen LogP contribution >= 0.6 is 0 Å². The molecule has 124 valence electrons. The molecule has 0 aromatic carbocycles. The topological polar surface area (TPSA) is 21.1 Å². The number of likely N-dealkylation sites (tertiary alicyclic amines) is 1. The second-order valence-corrected chi connectivity index (χ2v) is 7.30.